The van der Waals surface area contributed by atoms with E-state index in [9.17, 15) is 0 Å². The van der Waals surface area contributed by atoms with Crippen LogP contribution in [0.5, 0.6) is 5.75 Å². The second-order valence-electron chi connectivity index (χ2n) is 4.78. The molecule has 0 bridgehead atoms. The summed E-state index contributed by atoms with van der Waals surface area (Å²) in [6, 6.07) is 8.02. The van der Waals surface area contributed by atoms with Crippen LogP contribution in [0.2, 0.25) is 0 Å². The Morgan fingerprint density at radius 3 is 2.45 bits per heavy atom. The minimum absolute atomic E-state index is 0.0850. The highest BCUT2D eigenvalue weighted by atomic mass is 32.2. The molecule has 0 spiro atoms. The lowest BCUT2D eigenvalue weighted by Crippen LogP contribution is -2.32. The first-order chi connectivity index (χ1) is 9.60. The van der Waals surface area contributed by atoms with E-state index in [1.165, 1.54) is 12.1 Å². The van der Waals surface area contributed by atoms with Crippen molar-refractivity contribution in [3.63, 3.8) is 0 Å². The van der Waals surface area contributed by atoms with Crippen molar-refractivity contribution in [3.8, 4) is 5.75 Å². The Hall–Kier alpha value is -0.910. The summed E-state index contributed by atoms with van der Waals surface area (Å²) in [5, 5.41) is 0. The van der Waals surface area contributed by atoms with Gasteiger partial charge < -0.3 is 14.2 Å². The standard InChI is InChI=1S/C15H26N2O2S/c1-6-14(18-5)15(7-2)19-13-10-8-9-12(11-13)16-20-17(3)4/h8-11,14-16H,6-7H2,1-5H3. The minimum Gasteiger partial charge on any atom is -0.488 e. The Kier molecular flexibility index (Phi) is 7.80. The van der Waals surface area contributed by atoms with Crippen LogP contribution < -0.4 is 9.46 Å². The smallest absolute Gasteiger partial charge is 0.124 e. The van der Waals surface area contributed by atoms with Gasteiger partial charge in [-0.3, -0.25) is 0 Å². The number of hydrogen-bond acceptors (Lipinski definition) is 5. The van der Waals surface area contributed by atoms with Gasteiger partial charge in [-0.05, 0) is 39.1 Å². The van der Waals surface area contributed by atoms with E-state index in [1.807, 2.05) is 42.7 Å². The van der Waals surface area contributed by atoms with Crippen LogP contribution in [0.4, 0.5) is 5.69 Å². The Morgan fingerprint density at radius 1 is 1.20 bits per heavy atom. The van der Waals surface area contributed by atoms with Crippen molar-refractivity contribution >= 4 is 17.8 Å². The van der Waals surface area contributed by atoms with Crippen molar-refractivity contribution in [2.75, 3.05) is 25.9 Å². The van der Waals surface area contributed by atoms with E-state index in [4.69, 9.17) is 9.47 Å². The van der Waals surface area contributed by atoms with Crippen molar-refractivity contribution in [2.45, 2.75) is 38.9 Å². The molecule has 1 aromatic carbocycles. The second kappa shape index (κ2) is 9.10. The summed E-state index contributed by atoms with van der Waals surface area (Å²) in [5.41, 5.74) is 1.03. The van der Waals surface area contributed by atoms with E-state index in [0.717, 1.165) is 24.3 Å². The van der Waals surface area contributed by atoms with Crippen molar-refractivity contribution < 1.29 is 9.47 Å². The first-order valence-corrected chi connectivity index (χ1v) is 7.77. The molecule has 0 saturated carbocycles. The Balaban J connectivity index is 2.68. The van der Waals surface area contributed by atoms with Crippen LogP contribution in [0.25, 0.3) is 0 Å². The average molecular weight is 298 g/mol. The molecule has 0 aliphatic carbocycles. The van der Waals surface area contributed by atoms with Crippen LogP contribution in [0.3, 0.4) is 0 Å². The van der Waals surface area contributed by atoms with Gasteiger partial charge in [0, 0.05) is 31.0 Å². The van der Waals surface area contributed by atoms with Gasteiger partial charge in [0.2, 0.25) is 0 Å². The molecule has 2 atom stereocenters. The number of benzene rings is 1. The second-order valence-corrected chi connectivity index (χ2v) is 5.90. The fraction of sp³-hybridized carbons (Fsp3) is 0.600. The van der Waals surface area contributed by atoms with Crippen molar-refractivity contribution in [1.29, 1.82) is 0 Å². The lowest BCUT2D eigenvalue weighted by atomic mass is 10.1. The Bertz CT molecular complexity index is 384. The van der Waals surface area contributed by atoms with Gasteiger partial charge >= 0.3 is 0 Å². The fourth-order valence-electron chi connectivity index (χ4n) is 1.96. The highest BCUT2D eigenvalue weighted by Crippen LogP contribution is 2.23. The normalized spacial score (nSPS) is 14.1. The third kappa shape index (κ3) is 5.61. The van der Waals surface area contributed by atoms with E-state index in [1.54, 1.807) is 7.11 Å². The zero-order valence-electron chi connectivity index (χ0n) is 13.1. The molecule has 0 aliphatic heterocycles. The third-order valence-corrected chi connectivity index (χ3v) is 3.68. The molecule has 0 aliphatic rings. The van der Waals surface area contributed by atoms with Gasteiger partial charge in [-0.25, -0.2) is 4.31 Å². The van der Waals surface area contributed by atoms with Gasteiger partial charge in [-0.1, -0.05) is 19.9 Å². The van der Waals surface area contributed by atoms with Gasteiger partial charge in [0.15, 0.2) is 0 Å². The monoisotopic (exact) mass is 298 g/mol. The zero-order chi connectivity index (χ0) is 15.0. The molecular formula is C15H26N2O2S. The SMILES string of the molecule is CCC(OC)C(CC)Oc1cccc(NSN(C)C)c1. The predicted molar refractivity (Wildman–Crippen MR) is 87.1 cm³/mol. The van der Waals surface area contributed by atoms with Crippen LogP contribution in [0.15, 0.2) is 24.3 Å². The summed E-state index contributed by atoms with van der Waals surface area (Å²) in [5.74, 6) is 0.872. The van der Waals surface area contributed by atoms with Crippen LogP contribution in [0, 0.1) is 0 Å². The lowest BCUT2D eigenvalue weighted by Gasteiger charge is -2.25. The highest BCUT2D eigenvalue weighted by Gasteiger charge is 2.19. The molecule has 20 heavy (non-hydrogen) atoms. The largest absolute Gasteiger partial charge is 0.488 e. The summed E-state index contributed by atoms with van der Waals surface area (Å²) in [7, 11) is 5.73. The van der Waals surface area contributed by atoms with Crippen LogP contribution in [0.1, 0.15) is 26.7 Å². The fourth-order valence-corrected chi connectivity index (χ4v) is 2.37. The average Bonchev–Trinajstić information content (AvgIpc) is 2.45. The molecule has 1 rings (SSSR count). The number of nitrogens with one attached hydrogen (secondary N) is 1. The molecule has 0 radical (unpaired) electrons. The minimum atomic E-state index is 0.0850. The molecular weight excluding hydrogens is 272 g/mol. The number of anilines is 1. The topological polar surface area (TPSA) is 33.7 Å². The van der Waals surface area contributed by atoms with E-state index < -0.39 is 0 Å². The van der Waals surface area contributed by atoms with Gasteiger partial charge in [-0.2, -0.15) is 0 Å². The summed E-state index contributed by atoms with van der Waals surface area (Å²) in [6.45, 7) is 4.24. The van der Waals surface area contributed by atoms with Crippen molar-refractivity contribution in [2.24, 2.45) is 0 Å². The molecule has 0 amide bonds. The van der Waals surface area contributed by atoms with Gasteiger partial charge in [0.05, 0.1) is 6.10 Å². The predicted octanol–water partition coefficient (Wildman–Crippen LogP) is 3.81. The Morgan fingerprint density at radius 2 is 1.90 bits per heavy atom. The molecule has 1 aromatic rings. The number of nitrogens with zero attached hydrogens (tertiary/aromatic N) is 1. The number of rotatable bonds is 9. The summed E-state index contributed by atoms with van der Waals surface area (Å²) >= 11 is 1.54. The van der Waals surface area contributed by atoms with Gasteiger partial charge in [0.1, 0.15) is 11.9 Å². The third-order valence-electron chi connectivity index (χ3n) is 2.99. The molecule has 5 heteroatoms. The zero-order valence-corrected chi connectivity index (χ0v) is 13.9. The summed E-state index contributed by atoms with van der Waals surface area (Å²) in [4.78, 5) is 0. The van der Waals surface area contributed by atoms with Gasteiger partial charge in [0.25, 0.3) is 0 Å². The Labute approximate surface area is 127 Å². The quantitative estimate of drug-likeness (QED) is 0.701. The number of hydrogen-bond donors (Lipinski definition) is 1. The van der Waals surface area contributed by atoms with Crippen molar-refractivity contribution in [3.05, 3.63) is 24.3 Å². The van der Waals surface area contributed by atoms with Gasteiger partial charge in [-0.15, -0.1) is 0 Å². The first-order valence-electron chi connectivity index (χ1n) is 7.00. The molecule has 114 valence electrons. The van der Waals surface area contributed by atoms with Crippen molar-refractivity contribution in [1.82, 2.24) is 4.31 Å². The molecule has 0 aromatic heterocycles. The van der Waals surface area contributed by atoms with Crippen LogP contribution in [-0.4, -0.2) is 37.7 Å². The molecule has 1 N–H and O–H groups in total. The molecule has 0 heterocycles. The summed E-state index contributed by atoms with van der Waals surface area (Å²) in [6.07, 6.45) is 2.09. The van der Waals surface area contributed by atoms with E-state index in [-0.39, 0.29) is 12.2 Å². The molecule has 0 saturated heterocycles. The van der Waals surface area contributed by atoms with E-state index in [2.05, 4.69) is 18.6 Å². The van der Waals surface area contributed by atoms with Crippen LogP contribution in [-0.2, 0) is 4.74 Å². The van der Waals surface area contributed by atoms with E-state index in [0.29, 0.717) is 0 Å². The first kappa shape index (κ1) is 17.1. The number of ether oxygens (including phenoxy) is 2. The van der Waals surface area contributed by atoms with Crippen LogP contribution >= 0.6 is 12.1 Å². The highest BCUT2D eigenvalue weighted by molar-refractivity contribution is 7.98. The summed E-state index contributed by atoms with van der Waals surface area (Å²) < 4.78 is 16.8. The molecule has 2 unspecified atom stereocenters. The molecule has 4 nitrogen and oxygen atoms in total. The maximum Gasteiger partial charge on any atom is 0.124 e. The van der Waals surface area contributed by atoms with E-state index >= 15 is 0 Å². The molecule has 0 fully saturated rings. The maximum atomic E-state index is 6.07. The lowest BCUT2D eigenvalue weighted by molar-refractivity contribution is -0.00149. The maximum absolute atomic E-state index is 6.07. The number of methoxy groups -OCH3 is 1.